The van der Waals surface area contributed by atoms with Gasteiger partial charge in [-0.2, -0.15) is 12.7 Å². The van der Waals surface area contributed by atoms with E-state index in [1.807, 2.05) is 41.1 Å². The molecule has 3 amide bonds. The summed E-state index contributed by atoms with van der Waals surface area (Å²) in [7, 11) is -4.37. The molecule has 5 aliphatic rings. The Kier molecular flexibility index (Phi) is 11.7. The summed E-state index contributed by atoms with van der Waals surface area (Å²) in [5, 5.41) is 14.4. The molecule has 5 aromatic rings. The Morgan fingerprint density at radius 1 is 0.910 bits per heavy atom. The lowest BCUT2D eigenvalue weighted by Crippen LogP contribution is -2.52. The fraction of sp³-hybridized carbons (Fsp3) is 0.396. The highest BCUT2D eigenvalue weighted by molar-refractivity contribution is 7.90. The van der Waals surface area contributed by atoms with Crippen LogP contribution in [0.15, 0.2) is 73.1 Å². The smallest absolute Gasteiger partial charge is 0.301 e. The molecule has 5 aliphatic heterocycles. The zero-order valence-electron chi connectivity index (χ0n) is 36.4. The molecule has 350 valence electrons. The van der Waals surface area contributed by atoms with Crippen LogP contribution in [0.5, 0.6) is 0 Å². The zero-order chi connectivity index (χ0) is 46.8. The molecule has 15 nitrogen and oxygen atoms in total. The minimum Gasteiger partial charge on any atom is -0.388 e. The van der Waals surface area contributed by atoms with Crippen molar-refractivity contribution in [2.45, 2.75) is 75.2 Å². The molecule has 4 saturated heterocycles. The summed E-state index contributed by atoms with van der Waals surface area (Å²) in [5.41, 5.74) is 2.91. The van der Waals surface area contributed by atoms with Crippen LogP contribution in [0.4, 0.5) is 24.5 Å². The molecule has 67 heavy (non-hydrogen) atoms. The molecule has 2 atom stereocenters. The molecule has 0 bridgehead atoms. The number of nitrogens with one attached hydrogen (secondary N) is 3. The fourth-order valence-electron chi connectivity index (χ4n) is 10.3. The monoisotopic (exact) mass is 938 g/mol. The molecule has 7 heterocycles. The number of benzene rings is 3. The maximum atomic E-state index is 15.8. The third-order valence-electron chi connectivity index (χ3n) is 14.2. The van der Waals surface area contributed by atoms with Gasteiger partial charge in [-0.1, -0.05) is 24.3 Å². The van der Waals surface area contributed by atoms with Crippen molar-refractivity contribution in [3.63, 3.8) is 0 Å². The lowest BCUT2D eigenvalue weighted by atomic mass is 9.86. The number of pyridine rings is 1. The highest BCUT2D eigenvalue weighted by atomic mass is 32.2. The van der Waals surface area contributed by atoms with E-state index in [0.717, 1.165) is 59.2 Å². The Hall–Kier alpha value is -6.15. The van der Waals surface area contributed by atoms with Gasteiger partial charge >= 0.3 is 10.2 Å². The molecular formula is C48H49F3N8O7S. The average Bonchev–Trinajstić information content (AvgIpc) is 4.04. The largest absolute Gasteiger partial charge is 0.388 e. The van der Waals surface area contributed by atoms with Gasteiger partial charge in [0.25, 0.3) is 5.91 Å². The number of piperidine rings is 3. The number of halogens is 3. The second-order valence-corrected chi connectivity index (χ2v) is 20.1. The van der Waals surface area contributed by atoms with Crippen molar-refractivity contribution in [2.75, 3.05) is 55.4 Å². The first kappa shape index (κ1) is 44.7. The standard InChI is InChI=1S/C48H49F3N8O7S/c49-33-13-18-58(26-33)67(65,66)55-39-8-7-38(50)42(43(39)51)44(61)37-24-53-45-36(37)22-31(23-52-45)28-1-4-34(5-2-28)57-19-14-48(64,15-20-57)27-56-16-11-29(12-17-56)30-3-6-35-32(21-30)25-59(47(35)63)40-9-10-41(60)54-46(40)62/h1-8,21-24,29,33,40,55,64H,9-20,25-27H2,(H,52,53)(H,54,60,62). The maximum Gasteiger partial charge on any atom is 0.301 e. The van der Waals surface area contributed by atoms with Gasteiger partial charge in [0, 0.05) is 85.8 Å². The highest BCUT2D eigenvalue weighted by Gasteiger charge is 2.40. The molecule has 0 spiro atoms. The molecule has 19 heteroatoms. The first-order valence-corrected chi connectivity index (χ1v) is 24.1. The Balaban J connectivity index is 0.741. The summed E-state index contributed by atoms with van der Waals surface area (Å²) in [6, 6.07) is 16.5. The number of fused-ring (bicyclic) bond motifs is 2. The second kappa shape index (κ2) is 17.5. The third-order valence-corrected chi connectivity index (χ3v) is 15.6. The van der Waals surface area contributed by atoms with Gasteiger partial charge in [-0.25, -0.2) is 18.2 Å². The van der Waals surface area contributed by atoms with Crippen molar-refractivity contribution in [1.29, 1.82) is 0 Å². The van der Waals surface area contributed by atoms with Crippen molar-refractivity contribution in [1.82, 2.24) is 29.4 Å². The quantitative estimate of drug-likeness (QED) is 0.0986. The van der Waals surface area contributed by atoms with Gasteiger partial charge in [-0.3, -0.25) is 29.2 Å². The van der Waals surface area contributed by atoms with Crippen LogP contribution in [0, 0.1) is 11.6 Å². The normalized spacial score (nSPS) is 21.8. The number of nitrogens with zero attached hydrogens (tertiary/aromatic N) is 5. The number of amides is 3. The SMILES string of the molecule is O=C1CCC(N2Cc3cc(C4CCN(CC5(O)CCN(c6ccc(-c7cnc8[nH]cc(C(=O)c9c(F)ccc(NS(=O)(=O)N%10CCC(F)C%10)c9F)c8c7)cc6)CC5)CC4)ccc3C2=O)C(=O)N1. The van der Waals surface area contributed by atoms with Crippen molar-refractivity contribution >= 4 is 56.1 Å². The van der Waals surface area contributed by atoms with E-state index in [9.17, 15) is 37.1 Å². The van der Waals surface area contributed by atoms with E-state index in [0.29, 0.717) is 73.5 Å². The first-order valence-electron chi connectivity index (χ1n) is 22.6. The van der Waals surface area contributed by atoms with E-state index >= 15 is 8.78 Å². The molecule has 3 aromatic carbocycles. The minimum atomic E-state index is -4.37. The topological polar surface area (TPSA) is 188 Å². The molecule has 0 aliphatic carbocycles. The summed E-state index contributed by atoms with van der Waals surface area (Å²) >= 11 is 0. The number of alkyl halides is 1. The molecule has 2 unspecified atom stereocenters. The Morgan fingerprint density at radius 2 is 1.67 bits per heavy atom. The van der Waals surface area contributed by atoms with Crippen LogP contribution in [0.2, 0.25) is 0 Å². The minimum absolute atomic E-state index is 0.00444. The first-order chi connectivity index (χ1) is 32.1. The van der Waals surface area contributed by atoms with Gasteiger partial charge in [0.1, 0.15) is 23.7 Å². The lowest BCUT2D eigenvalue weighted by Gasteiger charge is -2.43. The summed E-state index contributed by atoms with van der Waals surface area (Å²) < 4.78 is 73.1. The van der Waals surface area contributed by atoms with E-state index in [2.05, 4.69) is 31.2 Å². The van der Waals surface area contributed by atoms with Crippen LogP contribution >= 0.6 is 0 Å². The van der Waals surface area contributed by atoms with E-state index in [4.69, 9.17) is 0 Å². The van der Waals surface area contributed by atoms with Crippen LogP contribution in [-0.4, -0.2) is 125 Å². The lowest BCUT2D eigenvalue weighted by molar-refractivity contribution is -0.136. The zero-order valence-corrected chi connectivity index (χ0v) is 37.3. The van der Waals surface area contributed by atoms with Crippen molar-refractivity contribution in [3.8, 4) is 11.1 Å². The summed E-state index contributed by atoms with van der Waals surface area (Å²) in [5.74, 6) is -4.19. The number of hydrogen-bond acceptors (Lipinski definition) is 10. The number of aliphatic hydroxyl groups is 1. The molecule has 10 rings (SSSR count). The number of imide groups is 1. The number of H-pyrrole nitrogens is 1. The molecule has 0 saturated carbocycles. The number of likely N-dealkylation sites (tertiary alicyclic amines) is 1. The maximum absolute atomic E-state index is 15.8. The van der Waals surface area contributed by atoms with Gasteiger partial charge in [0.15, 0.2) is 5.82 Å². The number of rotatable bonds is 11. The number of anilines is 2. The molecule has 0 radical (unpaired) electrons. The number of ketones is 1. The predicted octanol–water partition coefficient (Wildman–Crippen LogP) is 5.41. The van der Waals surface area contributed by atoms with E-state index in [-0.39, 0.29) is 36.8 Å². The number of aromatic nitrogens is 2. The number of carbonyl (C=O) groups is 4. The van der Waals surface area contributed by atoms with Crippen LogP contribution in [-0.2, 0) is 26.3 Å². The summed E-state index contributed by atoms with van der Waals surface area (Å²) in [4.78, 5) is 64.6. The van der Waals surface area contributed by atoms with Gasteiger partial charge in [0.2, 0.25) is 17.6 Å². The predicted molar refractivity (Wildman–Crippen MR) is 242 cm³/mol. The fourth-order valence-corrected chi connectivity index (χ4v) is 11.6. The van der Waals surface area contributed by atoms with Crippen LogP contribution in [0.1, 0.15) is 88.3 Å². The number of β-amino-alcohol motifs (C(OH)–C–C–N with tert-alkyl or cyclic N) is 1. The van der Waals surface area contributed by atoms with E-state index < -0.39 is 69.1 Å². The van der Waals surface area contributed by atoms with Crippen LogP contribution < -0.4 is 14.9 Å². The van der Waals surface area contributed by atoms with E-state index in [1.54, 1.807) is 17.2 Å². The van der Waals surface area contributed by atoms with Gasteiger partial charge < -0.3 is 24.8 Å². The van der Waals surface area contributed by atoms with E-state index in [1.165, 1.54) is 11.8 Å². The van der Waals surface area contributed by atoms with Crippen LogP contribution in [0.3, 0.4) is 0 Å². The molecular weight excluding hydrogens is 890 g/mol. The van der Waals surface area contributed by atoms with Gasteiger partial charge in [-0.05, 0) is 111 Å². The summed E-state index contributed by atoms with van der Waals surface area (Å²) in [6.45, 7) is 3.42. The molecule has 4 N–H and O–H groups in total. The van der Waals surface area contributed by atoms with Crippen LogP contribution in [0.25, 0.3) is 22.2 Å². The van der Waals surface area contributed by atoms with Gasteiger partial charge in [0.05, 0.1) is 16.9 Å². The van der Waals surface area contributed by atoms with Crippen molar-refractivity contribution in [2.24, 2.45) is 0 Å². The van der Waals surface area contributed by atoms with Crippen molar-refractivity contribution < 1.29 is 45.9 Å². The van der Waals surface area contributed by atoms with Gasteiger partial charge in [-0.15, -0.1) is 0 Å². The highest BCUT2D eigenvalue weighted by Crippen LogP contribution is 2.36. The second-order valence-electron chi connectivity index (χ2n) is 18.4. The Bertz CT molecular complexity index is 2920. The number of hydrogen-bond donors (Lipinski definition) is 4. The molecule has 4 fully saturated rings. The Labute approximate surface area is 384 Å². The Morgan fingerprint density at radius 3 is 2.39 bits per heavy atom. The number of carbonyl (C=O) groups excluding carboxylic acids is 4. The summed E-state index contributed by atoms with van der Waals surface area (Å²) in [6.07, 6.45) is 5.13. The van der Waals surface area contributed by atoms with Crippen molar-refractivity contribution in [3.05, 3.63) is 113 Å². The molecule has 2 aromatic heterocycles. The average molecular weight is 939 g/mol. The third kappa shape index (κ3) is 8.69. The number of aromatic amines is 1.